The van der Waals surface area contributed by atoms with Crippen LogP contribution in [0.4, 0.5) is 9.18 Å². The summed E-state index contributed by atoms with van der Waals surface area (Å²) in [4.78, 5) is 18.0. The third-order valence-electron chi connectivity index (χ3n) is 5.31. The Kier molecular flexibility index (Phi) is 5.61. The summed E-state index contributed by atoms with van der Waals surface area (Å²) >= 11 is 0. The molecule has 160 valence electrons. The molecule has 10 heteroatoms. The summed E-state index contributed by atoms with van der Waals surface area (Å²) in [6.07, 6.45) is 2.36. The number of carbonyl (C=O) groups excluding carboxylic acids is 1. The van der Waals surface area contributed by atoms with Crippen LogP contribution in [0.15, 0.2) is 47.5 Å². The van der Waals surface area contributed by atoms with Gasteiger partial charge in [0.15, 0.2) is 0 Å². The molecule has 0 aliphatic carbocycles. The second-order valence-electron chi connectivity index (χ2n) is 7.20. The van der Waals surface area contributed by atoms with Gasteiger partial charge in [-0.3, -0.25) is 4.90 Å². The standard InChI is InChI=1S/C20H22FN3O5S/c1-2-28-20(25)24-15-5-6-16(24)13-23(12-15)30(26,27)18-9-10-19(22-11-18)29-17-7-3-14(21)4-8-17/h3-4,7-11,15-16H,2,5-6,12-13H2,1H3/t15-,16+. The zero-order chi connectivity index (χ0) is 21.3. The van der Waals surface area contributed by atoms with Gasteiger partial charge in [0.05, 0.1) is 12.8 Å². The minimum absolute atomic E-state index is 0.0536. The second kappa shape index (κ2) is 8.19. The van der Waals surface area contributed by atoms with Crippen molar-refractivity contribution in [1.29, 1.82) is 0 Å². The molecule has 4 rings (SSSR count). The van der Waals surface area contributed by atoms with Gasteiger partial charge in [0, 0.05) is 31.2 Å². The largest absolute Gasteiger partial charge is 0.450 e. The van der Waals surface area contributed by atoms with Gasteiger partial charge in [0.1, 0.15) is 16.5 Å². The number of benzene rings is 1. The fraction of sp³-hybridized carbons (Fsp3) is 0.400. The number of carbonyl (C=O) groups is 1. The Morgan fingerprint density at radius 1 is 1.13 bits per heavy atom. The highest BCUT2D eigenvalue weighted by molar-refractivity contribution is 7.89. The first-order valence-corrected chi connectivity index (χ1v) is 11.2. The van der Waals surface area contributed by atoms with E-state index in [1.165, 1.54) is 46.9 Å². The lowest BCUT2D eigenvalue weighted by Gasteiger charge is -2.39. The molecule has 2 atom stereocenters. The molecule has 2 bridgehead atoms. The van der Waals surface area contributed by atoms with Gasteiger partial charge in [-0.1, -0.05) is 0 Å². The molecular weight excluding hydrogens is 413 g/mol. The molecule has 1 amide bonds. The molecule has 0 spiro atoms. The number of aromatic nitrogens is 1. The normalized spacial score (nSPS) is 21.5. The number of piperazine rings is 1. The maximum atomic E-state index is 13.1. The molecule has 2 aliphatic rings. The van der Waals surface area contributed by atoms with Gasteiger partial charge in [0.2, 0.25) is 15.9 Å². The SMILES string of the molecule is CCOC(=O)N1[C@@H]2CC[C@H]1CN(S(=O)(=O)c1ccc(Oc3ccc(F)cc3)nc1)C2. The van der Waals surface area contributed by atoms with E-state index in [1.807, 2.05) is 0 Å². The van der Waals surface area contributed by atoms with Crippen molar-refractivity contribution in [1.82, 2.24) is 14.2 Å². The van der Waals surface area contributed by atoms with Gasteiger partial charge in [-0.05, 0) is 50.1 Å². The quantitative estimate of drug-likeness (QED) is 0.717. The Labute approximate surface area is 174 Å². The molecule has 0 N–H and O–H groups in total. The molecule has 2 fully saturated rings. The van der Waals surface area contributed by atoms with Gasteiger partial charge in [-0.15, -0.1) is 0 Å². The number of amides is 1. The Hall–Kier alpha value is -2.72. The van der Waals surface area contributed by atoms with Gasteiger partial charge < -0.3 is 9.47 Å². The van der Waals surface area contributed by atoms with Crippen LogP contribution in [0.3, 0.4) is 0 Å². The Bertz CT molecular complexity index is 1000. The average Bonchev–Trinajstić information content (AvgIpc) is 2.99. The van der Waals surface area contributed by atoms with Crippen molar-refractivity contribution in [2.75, 3.05) is 19.7 Å². The summed E-state index contributed by atoms with van der Waals surface area (Å²) in [5.41, 5.74) is 0. The maximum Gasteiger partial charge on any atom is 0.410 e. The fourth-order valence-electron chi connectivity index (χ4n) is 3.91. The number of pyridine rings is 1. The van der Waals surface area contributed by atoms with E-state index in [0.29, 0.717) is 5.75 Å². The summed E-state index contributed by atoms with van der Waals surface area (Å²) < 4.78 is 51.2. The third kappa shape index (κ3) is 3.97. The summed E-state index contributed by atoms with van der Waals surface area (Å²) in [5.74, 6) is 0.215. The van der Waals surface area contributed by atoms with Crippen LogP contribution >= 0.6 is 0 Å². The van der Waals surface area contributed by atoms with E-state index < -0.39 is 10.0 Å². The van der Waals surface area contributed by atoms with Crippen molar-refractivity contribution in [3.05, 3.63) is 48.4 Å². The second-order valence-corrected chi connectivity index (χ2v) is 9.14. The molecular formula is C20H22FN3O5S. The number of nitrogens with zero attached hydrogens (tertiary/aromatic N) is 3. The summed E-state index contributed by atoms with van der Waals surface area (Å²) in [7, 11) is -3.76. The van der Waals surface area contributed by atoms with E-state index in [9.17, 15) is 17.6 Å². The van der Waals surface area contributed by atoms with Crippen LogP contribution in [0.2, 0.25) is 0 Å². The molecule has 2 aromatic rings. The molecule has 0 radical (unpaired) electrons. The number of sulfonamides is 1. The Morgan fingerprint density at radius 3 is 2.37 bits per heavy atom. The molecule has 30 heavy (non-hydrogen) atoms. The van der Waals surface area contributed by atoms with Crippen LogP contribution in [0.1, 0.15) is 19.8 Å². The molecule has 1 aromatic carbocycles. The number of halogens is 1. The number of ether oxygens (including phenoxy) is 2. The van der Waals surface area contributed by atoms with Crippen molar-refractivity contribution in [2.24, 2.45) is 0 Å². The van der Waals surface area contributed by atoms with E-state index in [4.69, 9.17) is 9.47 Å². The Morgan fingerprint density at radius 2 is 1.80 bits per heavy atom. The first-order valence-electron chi connectivity index (χ1n) is 9.73. The van der Waals surface area contributed by atoms with Gasteiger partial charge in [-0.2, -0.15) is 4.31 Å². The minimum Gasteiger partial charge on any atom is -0.450 e. The van der Waals surface area contributed by atoms with E-state index in [0.717, 1.165) is 12.8 Å². The van der Waals surface area contributed by atoms with Gasteiger partial charge in [0.25, 0.3) is 0 Å². The summed E-state index contributed by atoms with van der Waals surface area (Å²) in [6.45, 7) is 2.49. The van der Waals surface area contributed by atoms with Crippen molar-refractivity contribution in [2.45, 2.75) is 36.7 Å². The lowest BCUT2D eigenvalue weighted by atomic mass is 10.2. The number of fused-ring (bicyclic) bond motifs is 2. The van der Waals surface area contributed by atoms with Crippen LogP contribution in [0.25, 0.3) is 0 Å². The van der Waals surface area contributed by atoms with E-state index in [1.54, 1.807) is 11.8 Å². The smallest absolute Gasteiger partial charge is 0.410 e. The molecule has 2 aliphatic heterocycles. The van der Waals surface area contributed by atoms with Crippen LogP contribution < -0.4 is 4.74 Å². The van der Waals surface area contributed by atoms with Crippen LogP contribution in [-0.2, 0) is 14.8 Å². The minimum atomic E-state index is -3.76. The van der Waals surface area contributed by atoms with E-state index in [2.05, 4.69) is 4.98 Å². The lowest BCUT2D eigenvalue weighted by molar-refractivity contribution is 0.0635. The maximum absolute atomic E-state index is 13.1. The van der Waals surface area contributed by atoms with Crippen molar-refractivity contribution < 1.29 is 27.1 Å². The predicted molar refractivity (Wildman–Crippen MR) is 105 cm³/mol. The Balaban J connectivity index is 1.46. The van der Waals surface area contributed by atoms with E-state index in [-0.39, 0.29) is 54.5 Å². The first kappa shape index (κ1) is 20.5. The monoisotopic (exact) mass is 435 g/mol. The average molecular weight is 435 g/mol. The summed E-state index contributed by atoms with van der Waals surface area (Å²) in [5, 5.41) is 0. The third-order valence-corrected chi connectivity index (χ3v) is 7.13. The summed E-state index contributed by atoms with van der Waals surface area (Å²) in [6, 6.07) is 7.95. The van der Waals surface area contributed by atoms with Crippen molar-refractivity contribution in [3.8, 4) is 11.6 Å². The molecule has 0 saturated carbocycles. The van der Waals surface area contributed by atoms with E-state index >= 15 is 0 Å². The zero-order valence-electron chi connectivity index (χ0n) is 16.4. The van der Waals surface area contributed by atoms with Crippen molar-refractivity contribution in [3.63, 3.8) is 0 Å². The highest BCUT2D eigenvalue weighted by atomic mass is 32.2. The first-order chi connectivity index (χ1) is 14.4. The molecule has 2 saturated heterocycles. The zero-order valence-corrected chi connectivity index (χ0v) is 17.2. The highest BCUT2D eigenvalue weighted by Gasteiger charge is 2.46. The fourth-order valence-corrected chi connectivity index (χ4v) is 5.37. The predicted octanol–water partition coefficient (Wildman–Crippen LogP) is 3.01. The molecule has 0 unspecified atom stereocenters. The van der Waals surface area contributed by atoms with Crippen LogP contribution in [-0.4, -0.2) is 60.5 Å². The molecule has 8 nitrogen and oxygen atoms in total. The topological polar surface area (TPSA) is 89.0 Å². The van der Waals surface area contributed by atoms with Gasteiger partial charge in [-0.25, -0.2) is 22.6 Å². The van der Waals surface area contributed by atoms with Crippen LogP contribution in [0, 0.1) is 5.82 Å². The van der Waals surface area contributed by atoms with Crippen LogP contribution in [0.5, 0.6) is 11.6 Å². The number of rotatable bonds is 5. The lowest BCUT2D eigenvalue weighted by Crippen LogP contribution is -2.57. The highest BCUT2D eigenvalue weighted by Crippen LogP contribution is 2.33. The number of hydrogen-bond acceptors (Lipinski definition) is 6. The number of hydrogen-bond donors (Lipinski definition) is 0. The molecule has 3 heterocycles. The van der Waals surface area contributed by atoms with Gasteiger partial charge >= 0.3 is 6.09 Å². The van der Waals surface area contributed by atoms with Crippen molar-refractivity contribution >= 4 is 16.1 Å². The molecule has 1 aromatic heterocycles.